The fourth-order valence-electron chi connectivity index (χ4n) is 1.96. The molecule has 0 spiro atoms. The Kier molecular flexibility index (Phi) is 3.64. The van der Waals surface area contributed by atoms with Crippen LogP contribution in [0.1, 0.15) is 24.3 Å². The molecular weight excluding hydrogens is 208 g/mol. The van der Waals surface area contributed by atoms with Crippen LogP contribution in [0.4, 0.5) is 0 Å². The van der Waals surface area contributed by atoms with Crippen LogP contribution in [0.5, 0.6) is 11.5 Å². The summed E-state index contributed by atoms with van der Waals surface area (Å²) in [4.78, 5) is 0. The molecule has 0 saturated heterocycles. The second-order valence-corrected chi connectivity index (χ2v) is 3.83. The fourth-order valence-corrected chi connectivity index (χ4v) is 1.96. The van der Waals surface area contributed by atoms with Gasteiger partial charge in [-0.25, -0.2) is 0 Å². The third-order valence-corrected chi connectivity index (χ3v) is 2.82. The zero-order chi connectivity index (χ0) is 11.4. The zero-order valence-electron chi connectivity index (χ0n) is 9.06. The summed E-state index contributed by atoms with van der Waals surface area (Å²) in [6.07, 6.45) is 1.31. The minimum Gasteiger partial charge on any atom is -0.454 e. The fraction of sp³-hybridized carbons (Fsp3) is 0.500. The van der Waals surface area contributed by atoms with Crippen LogP contribution in [0.2, 0.25) is 0 Å². The van der Waals surface area contributed by atoms with Crippen LogP contribution in [-0.4, -0.2) is 30.2 Å². The first kappa shape index (κ1) is 11.2. The smallest absolute Gasteiger partial charge is 0.231 e. The van der Waals surface area contributed by atoms with Gasteiger partial charge in [-0.05, 0) is 36.5 Å². The maximum Gasteiger partial charge on any atom is 0.231 e. The van der Waals surface area contributed by atoms with E-state index in [9.17, 15) is 0 Å². The second-order valence-electron chi connectivity index (χ2n) is 3.83. The molecule has 4 nitrogen and oxygen atoms in total. The van der Waals surface area contributed by atoms with E-state index in [2.05, 4.69) is 0 Å². The van der Waals surface area contributed by atoms with Crippen molar-refractivity contribution in [2.45, 2.75) is 18.8 Å². The summed E-state index contributed by atoms with van der Waals surface area (Å²) in [5.41, 5.74) is 1.08. The van der Waals surface area contributed by atoms with Crippen molar-refractivity contribution in [2.24, 2.45) is 0 Å². The summed E-state index contributed by atoms with van der Waals surface area (Å²) in [5.74, 6) is 1.68. The van der Waals surface area contributed by atoms with Crippen LogP contribution in [0, 0.1) is 0 Å². The van der Waals surface area contributed by atoms with Crippen LogP contribution < -0.4 is 9.47 Å². The van der Waals surface area contributed by atoms with Crippen molar-refractivity contribution in [3.63, 3.8) is 0 Å². The molecule has 1 aliphatic rings. The quantitative estimate of drug-likeness (QED) is 0.790. The number of ether oxygens (including phenoxy) is 2. The third kappa shape index (κ3) is 2.28. The Balaban J connectivity index is 2.17. The van der Waals surface area contributed by atoms with E-state index in [0.717, 1.165) is 17.1 Å². The van der Waals surface area contributed by atoms with Crippen LogP contribution in [0.25, 0.3) is 0 Å². The van der Waals surface area contributed by atoms with Crippen molar-refractivity contribution in [3.05, 3.63) is 23.8 Å². The van der Waals surface area contributed by atoms with E-state index in [-0.39, 0.29) is 25.9 Å². The first-order chi connectivity index (χ1) is 7.85. The van der Waals surface area contributed by atoms with E-state index in [1.54, 1.807) is 0 Å². The third-order valence-electron chi connectivity index (χ3n) is 2.82. The van der Waals surface area contributed by atoms with E-state index in [1.165, 1.54) is 0 Å². The van der Waals surface area contributed by atoms with Crippen LogP contribution in [0.15, 0.2) is 18.2 Å². The second kappa shape index (κ2) is 5.18. The molecule has 4 heteroatoms. The van der Waals surface area contributed by atoms with Crippen LogP contribution in [-0.2, 0) is 0 Å². The normalized spacial score (nSPS) is 13.4. The molecule has 88 valence electrons. The molecule has 0 bridgehead atoms. The predicted molar refractivity (Wildman–Crippen MR) is 58.7 cm³/mol. The molecule has 0 fully saturated rings. The zero-order valence-corrected chi connectivity index (χ0v) is 9.06. The van der Waals surface area contributed by atoms with Gasteiger partial charge in [-0.3, -0.25) is 0 Å². The molecule has 0 aliphatic carbocycles. The highest BCUT2D eigenvalue weighted by Gasteiger charge is 2.17. The van der Waals surface area contributed by atoms with Gasteiger partial charge in [-0.2, -0.15) is 0 Å². The van der Waals surface area contributed by atoms with Gasteiger partial charge in [-0.15, -0.1) is 0 Å². The summed E-state index contributed by atoms with van der Waals surface area (Å²) in [6, 6.07) is 5.77. The number of benzene rings is 1. The van der Waals surface area contributed by atoms with Crippen molar-refractivity contribution >= 4 is 0 Å². The summed E-state index contributed by atoms with van der Waals surface area (Å²) < 4.78 is 10.5. The van der Waals surface area contributed by atoms with Gasteiger partial charge in [0.2, 0.25) is 6.79 Å². The minimum atomic E-state index is 0.124. The standard InChI is InChI=1S/C12H16O4/c13-5-3-9(4-6-14)10-1-2-11-12(7-10)16-8-15-11/h1-2,7,9,13-14H,3-6,8H2. The van der Waals surface area contributed by atoms with E-state index in [1.807, 2.05) is 18.2 Å². The SMILES string of the molecule is OCCC(CCO)c1ccc2c(c1)OCO2. The number of hydrogen-bond acceptors (Lipinski definition) is 4. The van der Waals surface area contributed by atoms with Gasteiger partial charge in [0.25, 0.3) is 0 Å². The molecule has 0 atom stereocenters. The Labute approximate surface area is 94.4 Å². The first-order valence-corrected chi connectivity index (χ1v) is 5.46. The Bertz CT molecular complexity index is 345. The summed E-state index contributed by atoms with van der Waals surface area (Å²) in [7, 11) is 0. The van der Waals surface area contributed by atoms with Crippen molar-refractivity contribution in [1.29, 1.82) is 0 Å². The van der Waals surface area contributed by atoms with Crippen molar-refractivity contribution in [2.75, 3.05) is 20.0 Å². The van der Waals surface area contributed by atoms with Gasteiger partial charge in [-0.1, -0.05) is 6.07 Å². The summed E-state index contributed by atoms with van der Waals surface area (Å²) >= 11 is 0. The molecular formula is C12H16O4. The monoisotopic (exact) mass is 224 g/mol. The minimum absolute atomic E-state index is 0.124. The lowest BCUT2D eigenvalue weighted by Crippen LogP contribution is -2.04. The maximum absolute atomic E-state index is 8.98. The molecule has 2 rings (SSSR count). The van der Waals surface area contributed by atoms with Crippen LogP contribution in [0.3, 0.4) is 0 Å². The van der Waals surface area contributed by atoms with E-state index < -0.39 is 0 Å². The van der Waals surface area contributed by atoms with Gasteiger partial charge in [0.15, 0.2) is 11.5 Å². The van der Waals surface area contributed by atoms with E-state index >= 15 is 0 Å². The molecule has 0 aromatic heterocycles. The van der Waals surface area contributed by atoms with Crippen LogP contribution >= 0.6 is 0 Å². The molecule has 1 aromatic rings. The lowest BCUT2D eigenvalue weighted by Gasteiger charge is -2.15. The topological polar surface area (TPSA) is 58.9 Å². The van der Waals surface area contributed by atoms with Gasteiger partial charge in [0, 0.05) is 13.2 Å². The average molecular weight is 224 g/mol. The molecule has 2 N–H and O–H groups in total. The van der Waals surface area contributed by atoms with Gasteiger partial charge >= 0.3 is 0 Å². The molecule has 0 amide bonds. The number of fused-ring (bicyclic) bond motifs is 1. The number of hydrogen-bond donors (Lipinski definition) is 2. The highest BCUT2D eigenvalue weighted by atomic mass is 16.7. The first-order valence-electron chi connectivity index (χ1n) is 5.46. The largest absolute Gasteiger partial charge is 0.454 e. The predicted octanol–water partition coefficient (Wildman–Crippen LogP) is 1.26. The molecule has 1 aliphatic heterocycles. The lowest BCUT2D eigenvalue weighted by atomic mass is 9.93. The number of aliphatic hydroxyl groups excluding tert-OH is 2. The van der Waals surface area contributed by atoms with E-state index in [4.69, 9.17) is 19.7 Å². The highest BCUT2D eigenvalue weighted by molar-refractivity contribution is 5.45. The number of rotatable bonds is 5. The lowest BCUT2D eigenvalue weighted by molar-refractivity contribution is 0.174. The highest BCUT2D eigenvalue weighted by Crippen LogP contribution is 2.36. The molecule has 16 heavy (non-hydrogen) atoms. The molecule has 1 aromatic carbocycles. The molecule has 0 radical (unpaired) electrons. The molecule has 0 unspecified atom stereocenters. The van der Waals surface area contributed by atoms with Crippen molar-refractivity contribution in [1.82, 2.24) is 0 Å². The molecule has 0 saturated carbocycles. The Morgan fingerprint density at radius 3 is 2.44 bits per heavy atom. The van der Waals surface area contributed by atoms with Gasteiger partial charge in [0.1, 0.15) is 0 Å². The van der Waals surface area contributed by atoms with Crippen molar-refractivity contribution < 1.29 is 19.7 Å². The van der Waals surface area contributed by atoms with E-state index in [0.29, 0.717) is 12.8 Å². The Morgan fingerprint density at radius 1 is 1.06 bits per heavy atom. The molecule has 1 heterocycles. The number of aliphatic hydroxyl groups is 2. The average Bonchev–Trinajstić information content (AvgIpc) is 2.75. The summed E-state index contributed by atoms with van der Waals surface area (Å²) in [5, 5.41) is 18.0. The van der Waals surface area contributed by atoms with Gasteiger partial charge in [0.05, 0.1) is 0 Å². The summed E-state index contributed by atoms with van der Waals surface area (Å²) in [6.45, 7) is 0.516. The van der Waals surface area contributed by atoms with Gasteiger partial charge < -0.3 is 19.7 Å². The Morgan fingerprint density at radius 2 is 1.75 bits per heavy atom. The van der Waals surface area contributed by atoms with Crippen molar-refractivity contribution in [3.8, 4) is 11.5 Å². The maximum atomic E-state index is 8.98. The Hall–Kier alpha value is -1.26.